The van der Waals surface area contributed by atoms with Gasteiger partial charge in [0.2, 0.25) is 11.8 Å². The second kappa shape index (κ2) is 9.50. The van der Waals surface area contributed by atoms with E-state index < -0.39 is 0 Å². The summed E-state index contributed by atoms with van der Waals surface area (Å²) in [5, 5.41) is 8.62. The minimum Gasteiger partial charge on any atom is -0.439 e. The second-order valence-electron chi connectivity index (χ2n) is 8.35. The van der Waals surface area contributed by atoms with Crippen molar-refractivity contribution in [2.45, 2.75) is 33.2 Å². The number of amides is 1. The van der Waals surface area contributed by atoms with E-state index in [2.05, 4.69) is 15.4 Å². The Morgan fingerprint density at radius 2 is 1.94 bits per heavy atom. The number of nitrogens with one attached hydrogen (secondary N) is 1. The van der Waals surface area contributed by atoms with Gasteiger partial charge in [-0.1, -0.05) is 24.3 Å². The Labute approximate surface area is 201 Å². The molecule has 0 fully saturated rings. The van der Waals surface area contributed by atoms with E-state index in [-0.39, 0.29) is 11.7 Å². The van der Waals surface area contributed by atoms with Gasteiger partial charge in [-0.2, -0.15) is 5.10 Å². The van der Waals surface area contributed by atoms with Gasteiger partial charge < -0.3 is 10.1 Å². The number of aromatic nitrogens is 4. The zero-order valence-corrected chi connectivity index (χ0v) is 19.5. The van der Waals surface area contributed by atoms with Crippen LogP contribution in [0.1, 0.15) is 28.9 Å². The van der Waals surface area contributed by atoms with Crippen molar-refractivity contribution in [1.29, 1.82) is 0 Å². The van der Waals surface area contributed by atoms with E-state index in [9.17, 15) is 9.18 Å². The number of benzene rings is 2. The lowest BCUT2D eigenvalue weighted by Gasteiger charge is -2.11. The van der Waals surface area contributed by atoms with Crippen LogP contribution in [0.4, 0.5) is 4.39 Å². The summed E-state index contributed by atoms with van der Waals surface area (Å²) in [6, 6.07) is 17.3. The molecule has 176 valence electrons. The standard InChI is InChI=1S/C27H24FN5O2/c1-17-22(18(2)33-27(31-17)23-8-3-4-9-24(23)32-33)11-12-25(34)29-15-19-10-13-26(30-16-19)35-21-7-5-6-20(28)14-21/h3-10,13-14,16H,11-12,15H2,1-2H3,(H,29,34). The van der Waals surface area contributed by atoms with Gasteiger partial charge in [0.05, 0.1) is 5.52 Å². The normalized spacial score (nSPS) is 11.2. The Kier molecular flexibility index (Phi) is 6.10. The predicted molar refractivity (Wildman–Crippen MR) is 131 cm³/mol. The number of carbonyl (C=O) groups is 1. The predicted octanol–water partition coefficient (Wildman–Crippen LogP) is 5.07. The molecule has 7 nitrogen and oxygen atoms in total. The van der Waals surface area contributed by atoms with Gasteiger partial charge in [0.25, 0.3) is 0 Å². The first-order chi connectivity index (χ1) is 17.0. The number of aryl methyl sites for hydroxylation is 2. The summed E-state index contributed by atoms with van der Waals surface area (Å²) in [5.74, 6) is 0.293. The number of fused-ring (bicyclic) bond motifs is 3. The van der Waals surface area contributed by atoms with Crippen LogP contribution in [0.5, 0.6) is 11.6 Å². The summed E-state index contributed by atoms with van der Waals surface area (Å²) >= 11 is 0. The van der Waals surface area contributed by atoms with Crippen LogP contribution >= 0.6 is 0 Å². The fourth-order valence-corrected chi connectivity index (χ4v) is 4.09. The summed E-state index contributed by atoms with van der Waals surface area (Å²) in [6.45, 7) is 4.34. The van der Waals surface area contributed by atoms with Gasteiger partial charge in [0, 0.05) is 48.1 Å². The Morgan fingerprint density at radius 3 is 2.74 bits per heavy atom. The molecule has 0 spiro atoms. The number of carbonyl (C=O) groups excluding carboxylic acids is 1. The van der Waals surface area contributed by atoms with E-state index in [1.807, 2.05) is 48.7 Å². The Morgan fingerprint density at radius 1 is 1.09 bits per heavy atom. The van der Waals surface area contributed by atoms with Crippen molar-refractivity contribution < 1.29 is 13.9 Å². The van der Waals surface area contributed by atoms with E-state index >= 15 is 0 Å². The van der Waals surface area contributed by atoms with Gasteiger partial charge in [0.1, 0.15) is 11.6 Å². The first-order valence-electron chi connectivity index (χ1n) is 11.4. The first kappa shape index (κ1) is 22.5. The summed E-state index contributed by atoms with van der Waals surface area (Å²) in [5.41, 5.74) is 5.50. The molecule has 3 heterocycles. The van der Waals surface area contributed by atoms with Crippen molar-refractivity contribution in [3.05, 3.63) is 95.2 Å². The highest BCUT2D eigenvalue weighted by molar-refractivity contribution is 5.92. The molecule has 0 aliphatic rings. The molecule has 1 N–H and O–H groups in total. The van der Waals surface area contributed by atoms with Crippen molar-refractivity contribution in [3.63, 3.8) is 0 Å². The van der Waals surface area contributed by atoms with Gasteiger partial charge in [-0.05, 0) is 55.7 Å². The molecule has 35 heavy (non-hydrogen) atoms. The van der Waals surface area contributed by atoms with Crippen molar-refractivity contribution in [1.82, 2.24) is 24.9 Å². The number of halogens is 1. The minimum atomic E-state index is -0.374. The Balaban J connectivity index is 1.19. The minimum absolute atomic E-state index is 0.0605. The van der Waals surface area contributed by atoms with Gasteiger partial charge in [-0.15, -0.1) is 0 Å². The average Bonchev–Trinajstić information content (AvgIpc) is 3.22. The van der Waals surface area contributed by atoms with Gasteiger partial charge >= 0.3 is 0 Å². The number of nitrogens with zero attached hydrogens (tertiary/aromatic N) is 4. The van der Waals surface area contributed by atoms with Crippen LogP contribution in [0.3, 0.4) is 0 Å². The van der Waals surface area contributed by atoms with E-state index in [1.165, 1.54) is 12.1 Å². The average molecular weight is 470 g/mol. The molecule has 0 unspecified atom stereocenters. The molecule has 5 aromatic rings. The van der Waals surface area contributed by atoms with Crippen LogP contribution in [0.2, 0.25) is 0 Å². The molecule has 3 aromatic heterocycles. The third-order valence-electron chi connectivity index (χ3n) is 5.93. The first-order valence-corrected chi connectivity index (χ1v) is 11.4. The highest BCUT2D eigenvalue weighted by Crippen LogP contribution is 2.23. The van der Waals surface area contributed by atoms with E-state index in [4.69, 9.17) is 9.72 Å². The lowest BCUT2D eigenvalue weighted by Crippen LogP contribution is -2.23. The zero-order chi connectivity index (χ0) is 24.4. The van der Waals surface area contributed by atoms with Crippen molar-refractivity contribution in [2.75, 3.05) is 0 Å². The van der Waals surface area contributed by atoms with Crippen LogP contribution in [0, 0.1) is 19.7 Å². The molecular formula is C27H24FN5O2. The van der Waals surface area contributed by atoms with Crippen LogP contribution in [0.15, 0.2) is 66.9 Å². The summed E-state index contributed by atoms with van der Waals surface area (Å²) in [4.78, 5) is 21.5. The highest BCUT2D eigenvalue weighted by atomic mass is 19.1. The topological polar surface area (TPSA) is 81.4 Å². The van der Waals surface area contributed by atoms with Gasteiger partial charge in [-0.25, -0.2) is 18.9 Å². The number of rotatable bonds is 7. The summed E-state index contributed by atoms with van der Waals surface area (Å²) in [7, 11) is 0. The monoisotopic (exact) mass is 469 g/mol. The fraction of sp³-hybridized carbons (Fsp3) is 0.185. The Bertz CT molecular complexity index is 1530. The van der Waals surface area contributed by atoms with Crippen LogP contribution in [0.25, 0.3) is 16.6 Å². The summed E-state index contributed by atoms with van der Waals surface area (Å²) < 4.78 is 20.7. The van der Waals surface area contributed by atoms with E-state index in [0.29, 0.717) is 31.0 Å². The van der Waals surface area contributed by atoms with Gasteiger partial charge in [-0.3, -0.25) is 4.79 Å². The maximum absolute atomic E-state index is 13.3. The zero-order valence-electron chi connectivity index (χ0n) is 19.5. The number of ether oxygens (including phenoxy) is 1. The number of hydrogen-bond donors (Lipinski definition) is 1. The number of hydrogen-bond acceptors (Lipinski definition) is 5. The molecule has 8 heteroatoms. The maximum atomic E-state index is 13.3. The molecule has 1 amide bonds. The van der Waals surface area contributed by atoms with Crippen LogP contribution in [-0.4, -0.2) is 25.5 Å². The highest BCUT2D eigenvalue weighted by Gasteiger charge is 2.15. The number of pyridine rings is 1. The third-order valence-corrected chi connectivity index (χ3v) is 5.93. The van der Waals surface area contributed by atoms with E-state index in [0.717, 1.165) is 39.1 Å². The molecule has 0 aliphatic heterocycles. The van der Waals surface area contributed by atoms with Crippen molar-refractivity contribution in [2.24, 2.45) is 0 Å². The molecule has 0 saturated heterocycles. The largest absolute Gasteiger partial charge is 0.439 e. The van der Waals surface area contributed by atoms with Crippen molar-refractivity contribution in [3.8, 4) is 11.6 Å². The van der Waals surface area contributed by atoms with E-state index in [1.54, 1.807) is 24.4 Å². The summed E-state index contributed by atoms with van der Waals surface area (Å²) in [6.07, 6.45) is 2.54. The molecule has 0 atom stereocenters. The Hall–Kier alpha value is -4.33. The molecule has 0 saturated carbocycles. The van der Waals surface area contributed by atoms with Crippen molar-refractivity contribution >= 4 is 22.5 Å². The van der Waals surface area contributed by atoms with Crippen LogP contribution < -0.4 is 10.1 Å². The molecule has 0 radical (unpaired) electrons. The molecule has 2 aromatic carbocycles. The molecule has 0 aliphatic carbocycles. The third kappa shape index (κ3) is 4.82. The second-order valence-corrected chi connectivity index (χ2v) is 8.35. The smallest absolute Gasteiger partial charge is 0.220 e. The molecule has 0 bridgehead atoms. The molecular weight excluding hydrogens is 445 g/mol. The molecule has 5 rings (SSSR count). The lowest BCUT2D eigenvalue weighted by molar-refractivity contribution is -0.121. The SMILES string of the molecule is Cc1nc2c3ccccc3nn2c(C)c1CCC(=O)NCc1ccc(Oc2cccc(F)c2)nc1. The van der Waals surface area contributed by atoms with Gasteiger partial charge in [0.15, 0.2) is 5.65 Å². The lowest BCUT2D eigenvalue weighted by atomic mass is 10.1. The fourth-order valence-electron chi connectivity index (χ4n) is 4.09. The maximum Gasteiger partial charge on any atom is 0.220 e. The quantitative estimate of drug-likeness (QED) is 0.360. The van der Waals surface area contributed by atoms with Crippen LogP contribution in [-0.2, 0) is 17.8 Å².